The topological polar surface area (TPSA) is 106 Å². The van der Waals surface area contributed by atoms with Gasteiger partial charge in [0.15, 0.2) is 5.11 Å². The number of thioether (sulfide) groups is 1. The smallest absolute Gasteiger partial charge is 0.271 e. The fraction of sp³-hybridized carbons (Fsp3) is 0.167. The van der Waals surface area contributed by atoms with Crippen molar-refractivity contribution < 1.29 is 14.5 Å². The summed E-state index contributed by atoms with van der Waals surface area (Å²) in [5.41, 5.74) is 2.61. The molecule has 0 aliphatic heterocycles. The zero-order chi connectivity index (χ0) is 24.7. The number of hydrogen-bond donors (Lipinski definition) is 3. The van der Waals surface area contributed by atoms with Crippen molar-refractivity contribution in [3.8, 4) is 5.75 Å². The Morgan fingerprint density at radius 1 is 1.03 bits per heavy atom. The summed E-state index contributed by atoms with van der Waals surface area (Å²) >= 11 is 6.78. The molecule has 0 saturated heterocycles. The first-order valence-electron chi connectivity index (χ1n) is 10.3. The van der Waals surface area contributed by atoms with Gasteiger partial charge in [0.25, 0.3) is 5.69 Å². The van der Waals surface area contributed by atoms with Crippen LogP contribution in [0.4, 0.5) is 22.7 Å². The second-order valence-corrected chi connectivity index (χ2v) is 9.14. The van der Waals surface area contributed by atoms with Crippen molar-refractivity contribution in [3.05, 3.63) is 82.4 Å². The number of thiocarbonyl (C=S) groups is 1. The Balaban J connectivity index is 1.62. The molecule has 0 fully saturated rings. The van der Waals surface area contributed by atoms with E-state index in [1.807, 2.05) is 48.5 Å². The summed E-state index contributed by atoms with van der Waals surface area (Å²) in [6.07, 6.45) is 0. The van der Waals surface area contributed by atoms with Gasteiger partial charge in [0.05, 0.1) is 28.7 Å². The Kier molecular flexibility index (Phi) is 8.44. The molecule has 0 spiro atoms. The van der Waals surface area contributed by atoms with E-state index in [1.54, 1.807) is 27.0 Å². The first-order valence-corrected chi connectivity index (χ1v) is 11.6. The van der Waals surface area contributed by atoms with E-state index in [4.69, 9.17) is 17.0 Å². The monoisotopic (exact) mass is 496 g/mol. The number of non-ortho nitro benzene ring substituents is 1. The number of amides is 1. The summed E-state index contributed by atoms with van der Waals surface area (Å²) < 4.78 is 5.33. The molecule has 0 aliphatic carbocycles. The number of nitrogens with zero attached hydrogens (tertiary/aromatic N) is 1. The number of ether oxygens (including phenoxy) is 1. The fourth-order valence-corrected chi connectivity index (χ4v) is 4.18. The lowest BCUT2D eigenvalue weighted by atomic mass is 10.2. The minimum absolute atomic E-state index is 0.0716. The lowest BCUT2D eigenvalue weighted by molar-refractivity contribution is -0.384. The highest BCUT2D eigenvalue weighted by molar-refractivity contribution is 8.00. The molecule has 0 aliphatic rings. The van der Waals surface area contributed by atoms with E-state index in [0.29, 0.717) is 16.5 Å². The highest BCUT2D eigenvalue weighted by atomic mass is 32.2. The number of hydrogen-bond acceptors (Lipinski definition) is 6. The number of anilines is 3. The SMILES string of the molecule is COc1ccccc1NC(=S)Nc1cccc(SC(C)C(=O)Nc2cc([N+](=O)[O-])ccc2C)c1. The first kappa shape index (κ1) is 25.0. The quantitative estimate of drug-likeness (QED) is 0.155. The summed E-state index contributed by atoms with van der Waals surface area (Å²) in [5, 5.41) is 20.0. The molecule has 10 heteroatoms. The van der Waals surface area contributed by atoms with Crippen LogP contribution in [0.1, 0.15) is 12.5 Å². The Morgan fingerprint density at radius 2 is 1.79 bits per heavy atom. The van der Waals surface area contributed by atoms with E-state index in [9.17, 15) is 14.9 Å². The average Bonchev–Trinajstić information content (AvgIpc) is 2.80. The van der Waals surface area contributed by atoms with Crippen molar-refractivity contribution in [2.75, 3.05) is 23.1 Å². The van der Waals surface area contributed by atoms with Gasteiger partial charge in [-0.15, -0.1) is 11.8 Å². The number of methoxy groups -OCH3 is 1. The van der Waals surface area contributed by atoms with Gasteiger partial charge in [-0.2, -0.15) is 0 Å². The third kappa shape index (κ3) is 6.69. The minimum Gasteiger partial charge on any atom is -0.495 e. The zero-order valence-corrected chi connectivity index (χ0v) is 20.5. The fourth-order valence-electron chi connectivity index (χ4n) is 3.03. The van der Waals surface area contributed by atoms with Gasteiger partial charge < -0.3 is 20.7 Å². The summed E-state index contributed by atoms with van der Waals surface area (Å²) in [7, 11) is 1.59. The van der Waals surface area contributed by atoms with E-state index in [2.05, 4.69) is 16.0 Å². The molecular weight excluding hydrogens is 472 g/mol. The largest absolute Gasteiger partial charge is 0.495 e. The Morgan fingerprint density at radius 3 is 2.53 bits per heavy atom. The van der Waals surface area contributed by atoms with Crippen LogP contribution in [0.15, 0.2) is 71.6 Å². The predicted octanol–water partition coefficient (Wildman–Crippen LogP) is 5.84. The zero-order valence-electron chi connectivity index (χ0n) is 18.8. The van der Waals surface area contributed by atoms with Crippen LogP contribution in [-0.4, -0.2) is 28.3 Å². The minimum atomic E-state index is -0.487. The molecule has 3 aromatic carbocycles. The lowest BCUT2D eigenvalue weighted by Crippen LogP contribution is -2.23. The summed E-state index contributed by atoms with van der Waals surface area (Å²) in [5.74, 6) is 0.426. The summed E-state index contributed by atoms with van der Waals surface area (Å²) in [6, 6.07) is 19.4. The van der Waals surface area contributed by atoms with Crippen LogP contribution in [0.3, 0.4) is 0 Å². The van der Waals surface area contributed by atoms with E-state index < -0.39 is 10.2 Å². The predicted molar refractivity (Wildman–Crippen MR) is 141 cm³/mol. The van der Waals surface area contributed by atoms with Crippen LogP contribution in [0.25, 0.3) is 0 Å². The molecular formula is C24H24N4O4S2. The van der Waals surface area contributed by atoms with Gasteiger partial charge in [0.1, 0.15) is 5.75 Å². The first-order chi connectivity index (χ1) is 16.3. The molecule has 0 saturated carbocycles. The van der Waals surface area contributed by atoms with Gasteiger partial charge in [0, 0.05) is 22.7 Å². The molecule has 1 amide bonds. The van der Waals surface area contributed by atoms with Crippen molar-refractivity contribution in [1.82, 2.24) is 0 Å². The Bertz CT molecular complexity index is 1220. The molecule has 1 atom stereocenters. The van der Waals surface area contributed by atoms with Gasteiger partial charge in [-0.3, -0.25) is 14.9 Å². The van der Waals surface area contributed by atoms with Gasteiger partial charge in [-0.05, 0) is 62.0 Å². The van der Waals surface area contributed by atoms with E-state index in [1.165, 1.54) is 23.9 Å². The second kappa shape index (κ2) is 11.5. The van der Waals surface area contributed by atoms with E-state index >= 15 is 0 Å². The van der Waals surface area contributed by atoms with Crippen LogP contribution >= 0.6 is 24.0 Å². The number of rotatable bonds is 8. The van der Waals surface area contributed by atoms with Crippen molar-refractivity contribution in [1.29, 1.82) is 0 Å². The van der Waals surface area contributed by atoms with E-state index in [0.717, 1.165) is 21.8 Å². The third-order valence-corrected chi connectivity index (χ3v) is 6.12. The summed E-state index contributed by atoms with van der Waals surface area (Å²) in [4.78, 5) is 24.1. The van der Waals surface area contributed by atoms with Crippen LogP contribution < -0.4 is 20.7 Å². The number of nitro groups is 1. The van der Waals surface area contributed by atoms with Gasteiger partial charge in [0.2, 0.25) is 5.91 Å². The summed E-state index contributed by atoms with van der Waals surface area (Å²) in [6.45, 7) is 3.56. The van der Waals surface area contributed by atoms with E-state index in [-0.39, 0.29) is 11.6 Å². The molecule has 1 unspecified atom stereocenters. The Labute approximate surface area is 207 Å². The number of nitro benzene ring substituents is 1. The number of nitrogens with one attached hydrogen (secondary N) is 3. The number of aryl methyl sites for hydroxylation is 1. The molecule has 3 rings (SSSR count). The molecule has 0 radical (unpaired) electrons. The molecule has 34 heavy (non-hydrogen) atoms. The number of carbonyl (C=O) groups excluding carboxylic acids is 1. The third-order valence-electron chi connectivity index (χ3n) is 4.82. The molecule has 0 heterocycles. The normalized spacial score (nSPS) is 11.3. The molecule has 176 valence electrons. The number of benzene rings is 3. The van der Waals surface area contributed by atoms with Crippen LogP contribution in [0.2, 0.25) is 0 Å². The standard InChI is InChI=1S/C24H24N4O4S2/c1-15-11-12-18(28(30)31)14-21(15)26-23(29)16(2)34-19-8-6-7-17(13-19)25-24(33)27-20-9-4-5-10-22(20)32-3/h4-14,16H,1-3H3,(H,26,29)(H2,25,27,33). The maximum atomic E-state index is 12.7. The van der Waals surface area contributed by atoms with Crippen LogP contribution in [-0.2, 0) is 4.79 Å². The van der Waals surface area contributed by atoms with Gasteiger partial charge >= 0.3 is 0 Å². The van der Waals surface area contributed by atoms with Crippen molar-refractivity contribution in [2.24, 2.45) is 0 Å². The molecule has 8 nitrogen and oxygen atoms in total. The molecule has 3 aromatic rings. The van der Waals surface area contributed by atoms with Crippen molar-refractivity contribution in [2.45, 2.75) is 24.0 Å². The van der Waals surface area contributed by atoms with Crippen LogP contribution in [0.5, 0.6) is 5.75 Å². The second-order valence-electron chi connectivity index (χ2n) is 7.31. The van der Waals surface area contributed by atoms with Gasteiger partial charge in [-0.1, -0.05) is 24.3 Å². The maximum absolute atomic E-state index is 12.7. The molecule has 0 aromatic heterocycles. The number of carbonyl (C=O) groups is 1. The molecule has 0 bridgehead atoms. The van der Waals surface area contributed by atoms with Crippen molar-refractivity contribution >= 4 is 57.7 Å². The average molecular weight is 497 g/mol. The van der Waals surface area contributed by atoms with Crippen molar-refractivity contribution in [3.63, 3.8) is 0 Å². The van der Waals surface area contributed by atoms with Gasteiger partial charge in [-0.25, -0.2) is 0 Å². The number of para-hydroxylation sites is 2. The lowest BCUT2D eigenvalue weighted by Gasteiger charge is -2.15. The Hall–Kier alpha value is -3.63. The van der Waals surface area contributed by atoms with Crippen LogP contribution in [0, 0.1) is 17.0 Å². The highest BCUT2D eigenvalue weighted by Crippen LogP contribution is 2.28. The maximum Gasteiger partial charge on any atom is 0.271 e. The molecule has 3 N–H and O–H groups in total. The highest BCUT2D eigenvalue weighted by Gasteiger charge is 2.17.